The third kappa shape index (κ3) is 2.08. The van der Waals surface area contributed by atoms with Crippen LogP contribution in [0.15, 0.2) is 12.3 Å². The van der Waals surface area contributed by atoms with E-state index in [2.05, 4.69) is 5.10 Å². The summed E-state index contributed by atoms with van der Waals surface area (Å²) in [5.41, 5.74) is 0.608. The molecule has 1 aromatic heterocycles. The van der Waals surface area contributed by atoms with Crippen LogP contribution in [-0.4, -0.2) is 20.9 Å². The number of hydrogen-bond acceptors (Lipinski definition) is 2. The van der Waals surface area contributed by atoms with Crippen LogP contribution in [0.3, 0.4) is 0 Å². The minimum atomic E-state index is -0.844. The molecule has 0 aromatic carbocycles. The molecule has 0 fully saturated rings. The summed E-state index contributed by atoms with van der Waals surface area (Å²) in [4.78, 5) is 10.3. The first-order valence-corrected chi connectivity index (χ1v) is 3.85. The molecule has 1 rings (SSSR count). The summed E-state index contributed by atoms with van der Waals surface area (Å²) in [7, 11) is 0. The number of hydrogen-bond donors (Lipinski definition) is 1. The Hall–Kier alpha value is -1.32. The fourth-order valence-corrected chi connectivity index (χ4v) is 0.914. The molecule has 0 aliphatic carbocycles. The van der Waals surface area contributed by atoms with Crippen molar-refractivity contribution in [1.29, 1.82) is 0 Å². The first-order chi connectivity index (χ1) is 5.59. The van der Waals surface area contributed by atoms with Gasteiger partial charge in [0, 0.05) is 12.2 Å². The maximum Gasteiger partial charge on any atom is 0.309 e. The van der Waals surface area contributed by atoms with Gasteiger partial charge in [-0.2, -0.15) is 5.10 Å². The highest BCUT2D eigenvalue weighted by atomic mass is 16.4. The van der Waals surface area contributed by atoms with E-state index in [4.69, 9.17) is 5.11 Å². The lowest BCUT2D eigenvalue weighted by atomic mass is 10.3. The molecule has 4 nitrogen and oxygen atoms in total. The van der Waals surface area contributed by atoms with Gasteiger partial charge in [0.2, 0.25) is 0 Å². The van der Waals surface area contributed by atoms with E-state index in [0.717, 1.165) is 0 Å². The van der Waals surface area contributed by atoms with Gasteiger partial charge in [-0.05, 0) is 19.9 Å². The predicted molar refractivity (Wildman–Crippen MR) is 44.0 cm³/mol. The van der Waals surface area contributed by atoms with Crippen LogP contribution in [0, 0.1) is 0 Å². The van der Waals surface area contributed by atoms with Crippen molar-refractivity contribution >= 4 is 5.97 Å². The molecule has 1 N–H and O–H groups in total. The summed E-state index contributed by atoms with van der Waals surface area (Å²) in [6.07, 6.45) is 1.79. The summed E-state index contributed by atoms with van der Waals surface area (Å²) in [5.74, 6) is -0.844. The van der Waals surface area contributed by atoms with E-state index in [9.17, 15) is 4.79 Å². The molecule has 66 valence electrons. The molecule has 0 unspecified atom stereocenters. The Labute approximate surface area is 70.8 Å². The van der Waals surface area contributed by atoms with Gasteiger partial charge in [-0.1, -0.05) is 0 Å². The number of aliphatic carboxylic acids is 1. The number of nitrogens with zero attached hydrogens (tertiary/aromatic N) is 2. The summed E-state index contributed by atoms with van der Waals surface area (Å²) in [5, 5.41) is 12.6. The zero-order valence-corrected chi connectivity index (χ0v) is 7.19. The molecule has 0 saturated carbocycles. The monoisotopic (exact) mass is 168 g/mol. The Morgan fingerprint density at radius 3 is 2.83 bits per heavy atom. The van der Waals surface area contributed by atoms with E-state index in [1.807, 2.05) is 13.8 Å². The van der Waals surface area contributed by atoms with Crippen molar-refractivity contribution in [3.8, 4) is 0 Å². The highest BCUT2D eigenvalue weighted by molar-refractivity contribution is 5.69. The maximum absolute atomic E-state index is 10.3. The lowest BCUT2D eigenvalue weighted by Crippen LogP contribution is -2.04. The molecule has 12 heavy (non-hydrogen) atoms. The molecule has 0 spiro atoms. The summed E-state index contributed by atoms with van der Waals surface area (Å²) >= 11 is 0. The second kappa shape index (κ2) is 3.38. The number of rotatable bonds is 3. The van der Waals surface area contributed by atoms with Crippen LogP contribution in [-0.2, 0) is 11.2 Å². The molecule has 0 amide bonds. The van der Waals surface area contributed by atoms with Crippen molar-refractivity contribution in [2.45, 2.75) is 26.3 Å². The van der Waals surface area contributed by atoms with Crippen molar-refractivity contribution in [1.82, 2.24) is 9.78 Å². The third-order valence-electron chi connectivity index (χ3n) is 1.52. The van der Waals surface area contributed by atoms with Crippen molar-refractivity contribution in [3.63, 3.8) is 0 Å². The highest BCUT2D eigenvalue weighted by Crippen LogP contribution is 2.04. The van der Waals surface area contributed by atoms with Gasteiger partial charge in [0.25, 0.3) is 0 Å². The Morgan fingerprint density at radius 1 is 1.75 bits per heavy atom. The van der Waals surface area contributed by atoms with Crippen LogP contribution < -0.4 is 0 Å². The average molecular weight is 168 g/mol. The fourth-order valence-electron chi connectivity index (χ4n) is 0.914. The maximum atomic E-state index is 10.3. The third-order valence-corrected chi connectivity index (χ3v) is 1.52. The molecule has 4 heteroatoms. The number of carboxylic acids is 1. The molecule has 0 aliphatic rings. The molecule has 0 aliphatic heterocycles. The van der Waals surface area contributed by atoms with Crippen LogP contribution in [0.25, 0.3) is 0 Å². The predicted octanol–water partition coefficient (Wildman–Crippen LogP) is 1.09. The lowest BCUT2D eigenvalue weighted by Gasteiger charge is -2.02. The van der Waals surface area contributed by atoms with Crippen molar-refractivity contribution in [3.05, 3.63) is 18.0 Å². The van der Waals surface area contributed by atoms with Crippen LogP contribution >= 0.6 is 0 Å². The van der Waals surface area contributed by atoms with Crippen molar-refractivity contribution in [2.75, 3.05) is 0 Å². The van der Waals surface area contributed by atoms with Gasteiger partial charge in [0.15, 0.2) is 0 Å². The van der Waals surface area contributed by atoms with Crippen molar-refractivity contribution in [2.24, 2.45) is 0 Å². The Bertz CT molecular complexity index is 278. The zero-order chi connectivity index (χ0) is 9.14. The SMILES string of the molecule is CC(C)n1ccc(CC(=O)O)n1. The van der Waals surface area contributed by atoms with Gasteiger partial charge in [-0.15, -0.1) is 0 Å². The first-order valence-electron chi connectivity index (χ1n) is 3.85. The quantitative estimate of drug-likeness (QED) is 0.735. The van der Waals surface area contributed by atoms with E-state index in [1.165, 1.54) is 0 Å². The summed E-state index contributed by atoms with van der Waals surface area (Å²) in [6, 6.07) is 2.02. The first kappa shape index (κ1) is 8.77. The second-order valence-electron chi connectivity index (χ2n) is 2.95. The van der Waals surface area contributed by atoms with E-state index in [-0.39, 0.29) is 12.5 Å². The second-order valence-corrected chi connectivity index (χ2v) is 2.95. The van der Waals surface area contributed by atoms with Crippen LogP contribution in [0.1, 0.15) is 25.6 Å². The summed E-state index contributed by atoms with van der Waals surface area (Å²) < 4.78 is 1.75. The van der Waals surface area contributed by atoms with E-state index >= 15 is 0 Å². The normalized spacial score (nSPS) is 10.6. The zero-order valence-electron chi connectivity index (χ0n) is 7.19. The van der Waals surface area contributed by atoms with E-state index < -0.39 is 5.97 Å². The molecule has 0 saturated heterocycles. The lowest BCUT2D eigenvalue weighted by molar-refractivity contribution is -0.136. The molecule has 0 bridgehead atoms. The van der Waals surface area contributed by atoms with Crippen LogP contribution in [0.2, 0.25) is 0 Å². The van der Waals surface area contributed by atoms with Crippen molar-refractivity contribution < 1.29 is 9.90 Å². The van der Waals surface area contributed by atoms with Gasteiger partial charge >= 0.3 is 5.97 Å². The fraction of sp³-hybridized carbons (Fsp3) is 0.500. The Balaban J connectivity index is 2.70. The Morgan fingerprint density at radius 2 is 2.42 bits per heavy atom. The smallest absolute Gasteiger partial charge is 0.309 e. The van der Waals surface area contributed by atoms with Crippen LogP contribution in [0.4, 0.5) is 0 Å². The number of aromatic nitrogens is 2. The number of carbonyl (C=O) groups is 1. The van der Waals surface area contributed by atoms with E-state index in [0.29, 0.717) is 5.69 Å². The topological polar surface area (TPSA) is 55.1 Å². The van der Waals surface area contributed by atoms with Gasteiger partial charge in [0.05, 0.1) is 12.1 Å². The highest BCUT2D eigenvalue weighted by Gasteiger charge is 2.05. The Kier molecular flexibility index (Phi) is 2.47. The van der Waals surface area contributed by atoms with Gasteiger partial charge in [-0.3, -0.25) is 9.48 Å². The number of carboxylic acid groups (broad SMARTS) is 1. The van der Waals surface area contributed by atoms with E-state index in [1.54, 1.807) is 16.9 Å². The van der Waals surface area contributed by atoms with Crippen LogP contribution in [0.5, 0.6) is 0 Å². The summed E-state index contributed by atoms with van der Waals surface area (Å²) in [6.45, 7) is 4.00. The molecule has 1 heterocycles. The van der Waals surface area contributed by atoms with Gasteiger partial charge in [0.1, 0.15) is 0 Å². The molecular weight excluding hydrogens is 156 g/mol. The minimum absolute atomic E-state index is 0.000278. The molecule has 0 radical (unpaired) electrons. The molecule has 0 atom stereocenters. The molecular formula is C8H12N2O2. The average Bonchev–Trinajstić information content (AvgIpc) is 2.34. The van der Waals surface area contributed by atoms with Gasteiger partial charge in [-0.25, -0.2) is 0 Å². The minimum Gasteiger partial charge on any atom is -0.481 e. The molecule has 1 aromatic rings. The standard InChI is InChI=1S/C8H12N2O2/c1-6(2)10-4-3-7(9-10)5-8(11)12/h3-4,6H,5H2,1-2H3,(H,11,12). The largest absolute Gasteiger partial charge is 0.481 e. The van der Waals surface area contributed by atoms with Gasteiger partial charge < -0.3 is 5.11 Å².